The summed E-state index contributed by atoms with van der Waals surface area (Å²) in [6, 6.07) is 1.94. The Bertz CT molecular complexity index is 332. The molecular formula is C11H15ClN2S. The van der Waals surface area contributed by atoms with Crippen LogP contribution in [0.25, 0.3) is 0 Å². The SMILES string of the molecule is CC1CCCC(Sc2ccnc(Cl)n2)C1. The fourth-order valence-electron chi connectivity index (χ4n) is 2.04. The number of aromatic nitrogens is 2. The van der Waals surface area contributed by atoms with Gasteiger partial charge in [0, 0.05) is 11.4 Å². The molecule has 0 aromatic carbocycles. The zero-order valence-electron chi connectivity index (χ0n) is 8.82. The maximum absolute atomic E-state index is 5.76. The van der Waals surface area contributed by atoms with E-state index >= 15 is 0 Å². The van der Waals surface area contributed by atoms with E-state index in [1.165, 1.54) is 25.7 Å². The largest absolute Gasteiger partial charge is 0.226 e. The zero-order chi connectivity index (χ0) is 10.7. The van der Waals surface area contributed by atoms with Gasteiger partial charge in [-0.3, -0.25) is 0 Å². The van der Waals surface area contributed by atoms with Crippen LogP contribution in [0.4, 0.5) is 0 Å². The maximum atomic E-state index is 5.76. The summed E-state index contributed by atoms with van der Waals surface area (Å²) in [6.07, 6.45) is 7.05. The molecule has 1 aliphatic carbocycles. The van der Waals surface area contributed by atoms with Crippen LogP contribution in [-0.2, 0) is 0 Å². The van der Waals surface area contributed by atoms with Gasteiger partial charge in [-0.1, -0.05) is 19.8 Å². The van der Waals surface area contributed by atoms with E-state index in [1.807, 2.05) is 17.8 Å². The topological polar surface area (TPSA) is 25.8 Å². The van der Waals surface area contributed by atoms with E-state index in [0.29, 0.717) is 10.5 Å². The van der Waals surface area contributed by atoms with Crippen LogP contribution in [0, 0.1) is 5.92 Å². The van der Waals surface area contributed by atoms with Crippen molar-refractivity contribution in [2.75, 3.05) is 0 Å². The number of hydrogen-bond acceptors (Lipinski definition) is 3. The van der Waals surface area contributed by atoms with Gasteiger partial charge in [0.05, 0.1) is 0 Å². The van der Waals surface area contributed by atoms with Gasteiger partial charge in [-0.2, -0.15) is 0 Å². The van der Waals surface area contributed by atoms with Crippen LogP contribution in [0.3, 0.4) is 0 Å². The van der Waals surface area contributed by atoms with Crippen molar-refractivity contribution in [3.8, 4) is 0 Å². The van der Waals surface area contributed by atoms with Crippen LogP contribution in [-0.4, -0.2) is 15.2 Å². The van der Waals surface area contributed by atoms with Crippen molar-refractivity contribution in [2.45, 2.75) is 42.9 Å². The molecule has 0 aliphatic heterocycles. The molecule has 1 aromatic rings. The smallest absolute Gasteiger partial charge is 0.223 e. The Balaban J connectivity index is 1.96. The predicted octanol–water partition coefficient (Wildman–Crippen LogP) is 3.80. The van der Waals surface area contributed by atoms with Crippen LogP contribution in [0.2, 0.25) is 5.28 Å². The fraction of sp³-hybridized carbons (Fsp3) is 0.636. The second-order valence-corrected chi connectivity index (χ2v) is 5.83. The lowest BCUT2D eigenvalue weighted by molar-refractivity contribution is 0.394. The average Bonchev–Trinajstić information content (AvgIpc) is 2.17. The second kappa shape index (κ2) is 5.17. The normalized spacial score (nSPS) is 26.5. The fourth-order valence-corrected chi connectivity index (χ4v) is 3.57. The summed E-state index contributed by atoms with van der Waals surface area (Å²) in [4.78, 5) is 8.10. The first-order valence-corrected chi connectivity index (χ1v) is 6.65. The Morgan fingerprint density at radius 1 is 1.47 bits per heavy atom. The lowest BCUT2D eigenvalue weighted by Crippen LogP contribution is -2.15. The number of hydrogen-bond donors (Lipinski definition) is 0. The first-order valence-electron chi connectivity index (χ1n) is 5.39. The Kier molecular flexibility index (Phi) is 3.87. The molecule has 82 valence electrons. The van der Waals surface area contributed by atoms with E-state index in [1.54, 1.807) is 6.20 Å². The van der Waals surface area contributed by atoms with Gasteiger partial charge in [0.2, 0.25) is 5.28 Å². The van der Waals surface area contributed by atoms with Crippen molar-refractivity contribution in [3.05, 3.63) is 17.5 Å². The first kappa shape index (κ1) is 11.2. The number of thioether (sulfide) groups is 1. The van der Waals surface area contributed by atoms with Gasteiger partial charge in [0.1, 0.15) is 5.03 Å². The van der Waals surface area contributed by atoms with Crippen LogP contribution in [0.15, 0.2) is 17.3 Å². The Hall–Kier alpha value is -0.280. The van der Waals surface area contributed by atoms with E-state index in [0.717, 1.165) is 10.9 Å². The van der Waals surface area contributed by atoms with Gasteiger partial charge in [0.15, 0.2) is 0 Å². The molecule has 15 heavy (non-hydrogen) atoms. The summed E-state index contributed by atoms with van der Waals surface area (Å²) in [6.45, 7) is 2.33. The summed E-state index contributed by atoms with van der Waals surface area (Å²) in [5, 5.41) is 2.07. The van der Waals surface area contributed by atoms with Crippen molar-refractivity contribution in [3.63, 3.8) is 0 Å². The Morgan fingerprint density at radius 2 is 2.33 bits per heavy atom. The molecule has 0 N–H and O–H groups in total. The minimum absolute atomic E-state index is 0.351. The van der Waals surface area contributed by atoms with Crippen LogP contribution in [0.1, 0.15) is 32.6 Å². The number of nitrogens with zero attached hydrogens (tertiary/aromatic N) is 2. The standard InChI is InChI=1S/C11H15ClN2S/c1-8-3-2-4-9(7-8)15-10-5-6-13-11(12)14-10/h5-6,8-9H,2-4,7H2,1H3. The third-order valence-electron chi connectivity index (χ3n) is 2.78. The van der Waals surface area contributed by atoms with E-state index in [-0.39, 0.29) is 0 Å². The van der Waals surface area contributed by atoms with Gasteiger partial charge < -0.3 is 0 Å². The van der Waals surface area contributed by atoms with Crippen molar-refractivity contribution in [2.24, 2.45) is 5.92 Å². The molecule has 0 saturated heterocycles. The predicted molar refractivity (Wildman–Crippen MR) is 64.3 cm³/mol. The van der Waals surface area contributed by atoms with E-state index in [9.17, 15) is 0 Å². The molecule has 1 aromatic heterocycles. The van der Waals surface area contributed by atoms with Gasteiger partial charge in [0.25, 0.3) is 0 Å². The molecule has 2 unspecified atom stereocenters. The highest BCUT2D eigenvalue weighted by Crippen LogP contribution is 2.35. The number of halogens is 1. The summed E-state index contributed by atoms with van der Waals surface area (Å²) < 4.78 is 0. The van der Waals surface area contributed by atoms with Crippen molar-refractivity contribution >= 4 is 23.4 Å². The third-order valence-corrected chi connectivity index (χ3v) is 4.19. The average molecular weight is 243 g/mol. The highest BCUT2D eigenvalue weighted by molar-refractivity contribution is 7.99. The lowest BCUT2D eigenvalue weighted by atomic mass is 9.91. The van der Waals surface area contributed by atoms with E-state index in [2.05, 4.69) is 16.9 Å². The third kappa shape index (κ3) is 3.35. The van der Waals surface area contributed by atoms with Crippen LogP contribution >= 0.6 is 23.4 Å². The van der Waals surface area contributed by atoms with E-state index < -0.39 is 0 Å². The molecule has 0 spiro atoms. The summed E-state index contributed by atoms with van der Waals surface area (Å²) in [5.41, 5.74) is 0. The molecule has 1 heterocycles. The molecular weight excluding hydrogens is 228 g/mol. The highest BCUT2D eigenvalue weighted by Gasteiger charge is 2.20. The summed E-state index contributed by atoms with van der Waals surface area (Å²) in [5.74, 6) is 0.855. The molecule has 4 heteroatoms. The summed E-state index contributed by atoms with van der Waals surface area (Å²) in [7, 11) is 0. The monoisotopic (exact) mass is 242 g/mol. The molecule has 2 rings (SSSR count). The summed E-state index contributed by atoms with van der Waals surface area (Å²) >= 11 is 7.60. The van der Waals surface area contributed by atoms with Crippen molar-refractivity contribution < 1.29 is 0 Å². The quantitative estimate of drug-likeness (QED) is 0.583. The molecule has 0 bridgehead atoms. The minimum Gasteiger partial charge on any atom is -0.226 e. The lowest BCUT2D eigenvalue weighted by Gasteiger charge is -2.25. The molecule has 1 fully saturated rings. The molecule has 2 atom stereocenters. The zero-order valence-corrected chi connectivity index (χ0v) is 10.4. The van der Waals surface area contributed by atoms with Gasteiger partial charge in [-0.05, 0) is 36.4 Å². The first-order chi connectivity index (χ1) is 7.24. The van der Waals surface area contributed by atoms with Crippen molar-refractivity contribution in [1.29, 1.82) is 0 Å². The molecule has 1 saturated carbocycles. The van der Waals surface area contributed by atoms with Crippen LogP contribution in [0.5, 0.6) is 0 Å². The van der Waals surface area contributed by atoms with E-state index in [4.69, 9.17) is 11.6 Å². The molecule has 1 aliphatic rings. The minimum atomic E-state index is 0.351. The second-order valence-electron chi connectivity index (χ2n) is 4.18. The number of rotatable bonds is 2. The highest BCUT2D eigenvalue weighted by atomic mass is 35.5. The Labute approximate surface area is 99.8 Å². The Morgan fingerprint density at radius 3 is 3.07 bits per heavy atom. The molecule has 0 radical (unpaired) electrons. The van der Waals surface area contributed by atoms with Gasteiger partial charge in [-0.15, -0.1) is 11.8 Å². The molecule has 2 nitrogen and oxygen atoms in total. The van der Waals surface area contributed by atoms with Crippen LogP contribution < -0.4 is 0 Å². The van der Waals surface area contributed by atoms with Gasteiger partial charge in [-0.25, -0.2) is 9.97 Å². The van der Waals surface area contributed by atoms with Crippen molar-refractivity contribution in [1.82, 2.24) is 9.97 Å². The maximum Gasteiger partial charge on any atom is 0.223 e. The molecule has 0 amide bonds. The van der Waals surface area contributed by atoms with Gasteiger partial charge >= 0.3 is 0 Å².